The Morgan fingerprint density at radius 3 is 2.47 bits per heavy atom. The molecular formula is C11H17N3O4S. The van der Waals surface area contributed by atoms with Crippen LogP contribution in [0, 0.1) is 0 Å². The third-order valence-corrected chi connectivity index (χ3v) is 4.70. The fourth-order valence-electron chi connectivity index (χ4n) is 2.43. The number of hydrogen-bond donors (Lipinski definition) is 1. The number of carboxylic acids is 1. The third-order valence-electron chi connectivity index (χ3n) is 3.40. The molecule has 7 nitrogen and oxygen atoms in total. The summed E-state index contributed by atoms with van der Waals surface area (Å²) < 4.78 is 25.8. The molecule has 1 aliphatic rings. The zero-order valence-corrected chi connectivity index (χ0v) is 11.7. The van der Waals surface area contributed by atoms with E-state index in [-0.39, 0.29) is 11.5 Å². The Morgan fingerprint density at radius 2 is 2.00 bits per heavy atom. The summed E-state index contributed by atoms with van der Waals surface area (Å²) in [6.07, 6.45) is 3.88. The van der Waals surface area contributed by atoms with Crippen LogP contribution < -0.4 is 0 Å². The number of carbonyl (C=O) groups is 1. The Kier molecular flexibility index (Phi) is 3.64. The highest BCUT2D eigenvalue weighted by Gasteiger charge is 2.30. The van der Waals surface area contributed by atoms with Gasteiger partial charge in [-0.1, -0.05) is 0 Å². The Morgan fingerprint density at radius 1 is 1.42 bits per heavy atom. The van der Waals surface area contributed by atoms with Crippen molar-refractivity contribution in [2.75, 3.05) is 19.3 Å². The minimum Gasteiger partial charge on any atom is -0.478 e. The van der Waals surface area contributed by atoms with Crippen LogP contribution in [0.1, 0.15) is 34.8 Å². The predicted octanol–water partition coefficient (Wildman–Crippen LogP) is 0.257. The molecule has 1 N–H and O–H groups in total. The fraction of sp³-hybridized carbons (Fsp3) is 0.636. The van der Waals surface area contributed by atoms with Crippen molar-refractivity contribution in [3.63, 3.8) is 0 Å². The Labute approximate surface area is 111 Å². The summed E-state index contributed by atoms with van der Waals surface area (Å²) in [5.41, 5.74) is 0.767. The van der Waals surface area contributed by atoms with Gasteiger partial charge in [0, 0.05) is 32.3 Å². The first-order chi connectivity index (χ1) is 8.79. The lowest BCUT2D eigenvalue weighted by molar-refractivity contribution is 0.0694. The molecule has 0 spiro atoms. The van der Waals surface area contributed by atoms with Crippen molar-refractivity contribution >= 4 is 16.0 Å². The molecule has 2 heterocycles. The molecule has 0 amide bonds. The van der Waals surface area contributed by atoms with E-state index in [1.165, 1.54) is 21.4 Å². The van der Waals surface area contributed by atoms with Gasteiger partial charge in [-0.15, -0.1) is 0 Å². The third kappa shape index (κ3) is 2.95. The minimum absolute atomic E-state index is 0.00491. The summed E-state index contributed by atoms with van der Waals surface area (Å²) in [6, 6.07) is 0. The van der Waals surface area contributed by atoms with Gasteiger partial charge in [0.15, 0.2) is 0 Å². The van der Waals surface area contributed by atoms with E-state index in [2.05, 4.69) is 5.10 Å². The topological polar surface area (TPSA) is 92.5 Å². The van der Waals surface area contributed by atoms with Crippen molar-refractivity contribution in [3.8, 4) is 0 Å². The van der Waals surface area contributed by atoms with Crippen LogP contribution in [0.15, 0.2) is 6.20 Å². The van der Waals surface area contributed by atoms with Gasteiger partial charge in [0.05, 0.1) is 11.9 Å². The van der Waals surface area contributed by atoms with E-state index in [9.17, 15) is 13.2 Å². The zero-order valence-electron chi connectivity index (χ0n) is 10.9. The summed E-state index contributed by atoms with van der Waals surface area (Å²) >= 11 is 0. The summed E-state index contributed by atoms with van der Waals surface area (Å²) in [4.78, 5) is 11.1. The molecule has 0 aromatic carbocycles. The molecule has 0 aliphatic carbocycles. The summed E-state index contributed by atoms with van der Waals surface area (Å²) in [5, 5.41) is 13.3. The average Bonchev–Trinajstić information content (AvgIpc) is 2.70. The molecule has 1 aliphatic heterocycles. The quantitative estimate of drug-likeness (QED) is 0.860. The van der Waals surface area contributed by atoms with Crippen LogP contribution in [0.5, 0.6) is 0 Å². The second kappa shape index (κ2) is 4.93. The fourth-order valence-corrected chi connectivity index (χ4v) is 3.31. The molecule has 106 valence electrons. The highest BCUT2D eigenvalue weighted by Crippen LogP contribution is 2.30. The van der Waals surface area contributed by atoms with Crippen molar-refractivity contribution < 1.29 is 18.3 Å². The number of aromatic carboxylic acids is 1. The number of sulfonamides is 1. The first-order valence-corrected chi connectivity index (χ1v) is 7.86. The minimum atomic E-state index is -3.16. The molecule has 1 aromatic rings. The molecule has 0 bridgehead atoms. The van der Waals surface area contributed by atoms with Crippen LogP contribution >= 0.6 is 0 Å². The van der Waals surface area contributed by atoms with Gasteiger partial charge in [-0.3, -0.25) is 4.68 Å². The van der Waals surface area contributed by atoms with Gasteiger partial charge in [-0.25, -0.2) is 17.5 Å². The Bertz CT molecular complexity index is 585. The number of piperidine rings is 1. The van der Waals surface area contributed by atoms with Crippen LogP contribution in [0.25, 0.3) is 0 Å². The van der Waals surface area contributed by atoms with Gasteiger partial charge < -0.3 is 5.11 Å². The van der Waals surface area contributed by atoms with E-state index < -0.39 is 16.0 Å². The number of aromatic nitrogens is 2. The largest absolute Gasteiger partial charge is 0.478 e. The van der Waals surface area contributed by atoms with Crippen molar-refractivity contribution in [3.05, 3.63) is 17.5 Å². The average molecular weight is 287 g/mol. The summed E-state index contributed by atoms with van der Waals surface area (Å²) in [7, 11) is -1.48. The van der Waals surface area contributed by atoms with E-state index in [1.807, 2.05) is 0 Å². The molecule has 0 saturated carbocycles. The lowest BCUT2D eigenvalue weighted by atomic mass is 9.92. The van der Waals surface area contributed by atoms with E-state index in [4.69, 9.17) is 5.11 Å². The lowest BCUT2D eigenvalue weighted by Crippen LogP contribution is -2.37. The maximum Gasteiger partial charge on any atom is 0.339 e. The molecule has 0 unspecified atom stereocenters. The molecule has 1 fully saturated rings. The van der Waals surface area contributed by atoms with Gasteiger partial charge in [-0.05, 0) is 12.8 Å². The first kappa shape index (κ1) is 14.0. The lowest BCUT2D eigenvalue weighted by Gasteiger charge is -2.29. The van der Waals surface area contributed by atoms with E-state index in [0.29, 0.717) is 31.6 Å². The number of hydrogen-bond acceptors (Lipinski definition) is 4. The van der Waals surface area contributed by atoms with Crippen LogP contribution in [0.3, 0.4) is 0 Å². The molecule has 0 radical (unpaired) electrons. The highest BCUT2D eigenvalue weighted by molar-refractivity contribution is 7.88. The monoisotopic (exact) mass is 287 g/mol. The van der Waals surface area contributed by atoms with Crippen molar-refractivity contribution in [1.29, 1.82) is 0 Å². The number of nitrogens with zero attached hydrogens (tertiary/aromatic N) is 3. The van der Waals surface area contributed by atoms with Crippen molar-refractivity contribution in [2.24, 2.45) is 7.05 Å². The summed E-state index contributed by atoms with van der Waals surface area (Å²) in [5.74, 6) is -0.987. The zero-order chi connectivity index (χ0) is 14.2. The van der Waals surface area contributed by atoms with Crippen LogP contribution in [-0.2, 0) is 17.1 Å². The molecule has 1 saturated heterocycles. The standard InChI is InChI=1S/C11H17N3O4S/c1-13-7-9(11(15)16)10(12-13)8-3-5-14(6-4-8)19(2,17)18/h7-8H,3-6H2,1-2H3,(H,15,16). The second-order valence-electron chi connectivity index (χ2n) is 4.84. The van der Waals surface area contributed by atoms with E-state index >= 15 is 0 Å². The second-order valence-corrected chi connectivity index (χ2v) is 6.83. The molecule has 2 rings (SSSR count). The van der Waals surface area contributed by atoms with Crippen LogP contribution in [0.2, 0.25) is 0 Å². The van der Waals surface area contributed by atoms with Crippen LogP contribution in [0.4, 0.5) is 0 Å². The van der Waals surface area contributed by atoms with Crippen molar-refractivity contribution in [2.45, 2.75) is 18.8 Å². The first-order valence-electron chi connectivity index (χ1n) is 6.01. The Hall–Kier alpha value is -1.41. The maximum atomic E-state index is 11.4. The van der Waals surface area contributed by atoms with Gasteiger partial charge in [0.1, 0.15) is 5.56 Å². The van der Waals surface area contributed by atoms with E-state index in [0.717, 1.165) is 0 Å². The number of rotatable bonds is 3. The van der Waals surface area contributed by atoms with Gasteiger partial charge >= 0.3 is 5.97 Å². The molecule has 1 aromatic heterocycles. The number of aryl methyl sites for hydroxylation is 1. The van der Waals surface area contributed by atoms with Gasteiger partial charge in [0.2, 0.25) is 10.0 Å². The smallest absolute Gasteiger partial charge is 0.339 e. The predicted molar refractivity (Wildman–Crippen MR) is 68.6 cm³/mol. The molecular weight excluding hydrogens is 270 g/mol. The van der Waals surface area contributed by atoms with E-state index in [1.54, 1.807) is 7.05 Å². The number of carboxylic acid groups (broad SMARTS) is 1. The SMILES string of the molecule is Cn1cc(C(=O)O)c(C2CCN(S(C)(=O)=O)CC2)n1. The van der Waals surface area contributed by atoms with Crippen molar-refractivity contribution in [1.82, 2.24) is 14.1 Å². The molecule has 8 heteroatoms. The highest BCUT2D eigenvalue weighted by atomic mass is 32.2. The molecule has 19 heavy (non-hydrogen) atoms. The normalized spacial score (nSPS) is 18.6. The van der Waals surface area contributed by atoms with Gasteiger partial charge in [0.25, 0.3) is 0 Å². The maximum absolute atomic E-state index is 11.4. The molecule has 0 atom stereocenters. The van der Waals surface area contributed by atoms with Gasteiger partial charge in [-0.2, -0.15) is 5.10 Å². The van der Waals surface area contributed by atoms with Crippen LogP contribution in [-0.4, -0.2) is 52.9 Å². The Balaban J connectivity index is 2.16. The summed E-state index contributed by atoms with van der Waals surface area (Å²) in [6.45, 7) is 0.832.